The zero-order chi connectivity index (χ0) is 14.1. The molecule has 2 rings (SSSR count). The quantitative estimate of drug-likeness (QED) is 0.883. The normalized spacial score (nSPS) is 23.2. The molecule has 0 aliphatic heterocycles. The van der Waals surface area contributed by atoms with Crippen LogP contribution in [0.4, 0.5) is 0 Å². The van der Waals surface area contributed by atoms with Crippen LogP contribution in [0.2, 0.25) is 0 Å². The van der Waals surface area contributed by atoms with Gasteiger partial charge in [0.25, 0.3) is 0 Å². The van der Waals surface area contributed by atoms with Crippen molar-refractivity contribution >= 4 is 11.3 Å². The average molecular weight is 282 g/mol. The Kier molecular flexibility index (Phi) is 4.38. The van der Waals surface area contributed by atoms with Gasteiger partial charge in [0, 0.05) is 11.5 Å². The zero-order valence-electron chi connectivity index (χ0n) is 12.5. The standard InChI is InChI=1S/C16H26O2S/c1-5-18-16(9-7-15(3,4)8-10-16)14(17)13-6-11-19-12(13)2/h6,11,14,17H,5,7-10H2,1-4H3. The minimum absolute atomic E-state index is 0.379. The lowest BCUT2D eigenvalue weighted by Crippen LogP contribution is -2.44. The van der Waals surface area contributed by atoms with Crippen molar-refractivity contribution in [3.63, 3.8) is 0 Å². The van der Waals surface area contributed by atoms with E-state index in [1.807, 2.05) is 13.0 Å². The second-order valence-electron chi connectivity index (χ2n) is 6.50. The van der Waals surface area contributed by atoms with E-state index in [9.17, 15) is 5.11 Å². The van der Waals surface area contributed by atoms with E-state index < -0.39 is 6.10 Å². The number of rotatable bonds is 4. The molecule has 0 radical (unpaired) electrons. The van der Waals surface area contributed by atoms with E-state index in [-0.39, 0.29) is 5.60 Å². The molecule has 1 aliphatic rings. The third-order valence-corrected chi connectivity index (χ3v) is 5.43. The van der Waals surface area contributed by atoms with Crippen LogP contribution >= 0.6 is 11.3 Å². The van der Waals surface area contributed by atoms with Crippen molar-refractivity contribution in [3.8, 4) is 0 Å². The molecule has 1 N–H and O–H groups in total. The van der Waals surface area contributed by atoms with Crippen molar-refractivity contribution in [3.05, 3.63) is 21.9 Å². The second-order valence-corrected chi connectivity index (χ2v) is 7.62. The van der Waals surface area contributed by atoms with Gasteiger partial charge in [-0.2, -0.15) is 0 Å². The Bertz CT molecular complexity index is 412. The van der Waals surface area contributed by atoms with Gasteiger partial charge in [-0.25, -0.2) is 0 Å². The number of aliphatic hydroxyl groups excluding tert-OH is 1. The van der Waals surface area contributed by atoms with Gasteiger partial charge in [0.2, 0.25) is 0 Å². The summed E-state index contributed by atoms with van der Waals surface area (Å²) in [5, 5.41) is 12.9. The molecule has 0 saturated heterocycles. The molecule has 19 heavy (non-hydrogen) atoms. The second kappa shape index (κ2) is 5.55. The minimum Gasteiger partial charge on any atom is -0.385 e. The Morgan fingerprint density at radius 3 is 2.42 bits per heavy atom. The first-order valence-corrected chi connectivity index (χ1v) is 8.14. The van der Waals surface area contributed by atoms with Gasteiger partial charge in [-0.3, -0.25) is 0 Å². The maximum atomic E-state index is 10.8. The summed E-state index contributed by atoms with van der Waals surface area (Å²) in [6.07, 6.45) is 3.64. The fourth-order valence-electron chi connectivity index (χ4n) is 3.10. The molecule has 1 aliphatic carbocycles. The summed E-state index contributed by atoms with van der Waals surface area (Å²) in [6.45, 7) is 9.39. The van der Waals surface area contributed by atoms with Gasteiger partial charge in [0.1, 0.15) is 6.10 Å². The fraction of sp³-hybridized carbons (Fsp3) is 0.750. The van der Waals surface area contributed by atoms with Crippen molar-refractivity contribution in [1.29, 1.82) is 0 Å². The lowest BCUT2D eigenvalue weighted by molar-refractivity contribution is -0.153. The number of aryl methyl sites for hydroxylation is 1. The fourth-order valence-corrected chi connectivity index (χ4v) is 3.83. The van der Waals surface area contributed by atoms with Crippen LogP contribution in [-0.2, 0) is 4.74 Å². The number of thiophene rings is 1. The molecule has 1 aromatic heterocycles. The lowest BCUT2D eigenvalue weighted by Gasteiger charge is -2.46. The van der Waals surface area contributed by atoms with E-state index in [4.69, 9.17) is 4.74 Å². The van der Waals surface area contributed by atoms with E-state index in [0.717, 1.165) is 31.2 Å². The van der Waals surface area contributed by atoms with Crippen LogP contribution in [0.25, 0.3) is 0 Å². The van der Waals surface area contributed by atoms with Gasteiger partial charge in [0.15, 0.2) is 0 Å². The summed E-state index contributed by atoms with van der Waals surface area (Å²) in [4.78, 5) is 1.21. The molecule has 1 atom stereocenters. The van der Waals surface area contributed by atoms with Gasteiger partial charge in [-0.05, 0) is 62.0 Å². The highest BCUT2D eigenvalue weighted by atomic mass is 32.1. The summed E-state index contributed by atoms with van der Waals surface area (Å²) >= 11 is 1.70. The van der Waals surface area contributed by atoms with Gasteiger partial charge in [-0.15, -0.1) is 11.3 Å². The van der Waals surface area contributed by atoms with E-state index in [0.29, 0.717) is 12.0 Å². The predicted octanol–water partition coefficient (Wildman–Crippen LogP) is 4.47. The first kappa shape index (κ1) is 15.0. The highest BCUT2D eigenvalue weighted by Gasteiger charge is 2.45. The largest absolute Gasteiger partial charge is 0.385 e. The van der Waals surface area contributed by atoms with E-state index in [1.54, 1.807) is 11.3 Å². The van der Waals surface area contributed by atoms with Gasteiger partial charge in [-0.1, -0.05) is 13.8 Å². The van der Waals surface area contributed by atoms with E-state index >= 15 is 0 Å². The molecule has 1 heterocycles. The van der Waals surface area contributed by atoms with Gasteiger partial charge >= 0.3 is 0 Å². The Morgan fingerprint density at radius 2 is 1.95 bits per heavy atom. The third kappa shape index (κ3) is 3.04. The van der Waals surface area contributed by atoms with Crippen molar-refractivity contribution in [1.82, 2.24) is 0 Å². The molecular formula is C16H26O2S. The molecular weight excluding hydrogens is 256 g/mol. The summed E-state index contributed by atoms with van der Waals surface area (Å²) in [6, 6.07) is 2.05. The van der Waals surface area contributed by atoms with Crippen LogP contribution in [0.3, 0.4) is 0 Å². The summed E-state index contributed by atoms with van der Waals surface area (Å²) in [7, 11) is 0. The molecule has 1 saturated carbocycles. The first-order valence-electron chi connectivity index (χ1n) is 7.26. The average Bonchev–Trinajstić information content (AvgIpc) is 2.78. The van der Waals surface area contributed by atoms with Crippen molar-refractivity contribution in [2.45, 2.75) is 65.1 Å². The first-order chi connectivity index (χ1) is 8.90. The summed E-state index contributed by atoms with van der Waals surface area (Å²) in [5.41, 5.74) is 1.05. The predicted molar refractivity (Wildman–Crippen MR) is 80.6 cm³/mol. The SMILES string of the molecule is CCOC1(C(O)c2ccsc2C)CCC(C)(C)CC1. The van der Waals surface area contributed by atoms with Crippen LogP contribution in [0.1, 0.15) is 63.0 Å². The van der Waals surface area contributed by atoms with Crippen LogP contribution in [0.15, 0.2) is 11.4 Å². The van der Waals surface area contributed by atoms with Gasteiger partial charge < -0.3 is 9.84 Å². The Morgan fingerprint density at radius 1 is 1.32 bits per heavy atom. The van der Waals surface area contributed by atoms with Crippen molar-refractivity contribution in [2.24, 2.45) is 5.41 Å². The Labute approximate surface area is 120 Å². The molecule has 1 aromatic rings. The minimum atomic E-state index is -0.491. The van der Waals surface area contributed by atoms with Crippen LogP contribution in [-0.4, -0.2) is 17.3 Å². The van der Waals surface area contributed by atoms with Gasteiger partial charge in [0.05, 0.1) is 5.60 Å². The molecule has 0 spiro atoms. The molecule has 0 aromatic carbocycles. The number of aliphatic hydroxyl groups is 1. The molecule has 1 unspecified atom stereocenters. The van der Waals surface area contributed by atoms with E-state index in [1.165, 1.54) is 4.88 Å². The highest BCUT2D eigenvalue weighted by Crippen LogP contribution is 2.48. The molecule has 3 heteroatoms. The maximum absolute atomic E-state index is 10.8. The zero-order valence-corrected chi connectivity index (χ0v) is 13.3. The monoisotopic (exact) mass is 282 g/mol. The van der Waals surface area contributed by atoms with Crippen LogP contribution in [0.5, 0.6) is 0 Å². The third-order valence-electron chi connectivity index (χ3n) is 4.57. The summed E-state index contributed by atoms with van der Waals surface area (Å²) < 4.78 is 6.06. The topological polar surface area (TPSA) is 29.5 Å². The van der Waals surface area contributed by atoms with E-state index in [2.05, 4.69) is 26.2 Å². The van der Waals surface area contributed by atoms with Crippen molar-refractivity contribution in [2.75, 3.05) is 6.61 Å². The molecule has 108 valence electrons. The molecule has 1 fully saturated rings. The maximum Gasteiger partial charge on any atom is 0.109 e. The molecule has 0 amide bonds. The van der Waals surface area contributed by atoms with Crippen LogP contribution in [0, 0.1) is 12.3 Å². The highest BCUT2D eigenvalue weighted by molar-refractivity contribution is 7.10. The Hall–Kier alpha value is -0.380. The molecule has 0 bridgehead atoms. The summed E-state index contributed by atoms with van der Waals surface area (Å²) in [5.74, 6) is 0. The molecule has 2 nitrogen and oxygen atoms in total. The lowest BCUT2D eigenvalue weighted by atomic mass is 9.68. The number of hydrogen-bond acceptors (Lipinski definition) is 3. The van der Waals surface area contributed by atoms with Crippen molar-refractivity contribution < 1.29 is 9.84 Å². The van der Waals surface area contributed by atoms with Crippen LogP contribution < -0.4 is 0 Å². The number of ether oxygens (including phenoxy) is 1. The smallest absolute Gasteiger partial charge is 0.109 e. The Balaban J connectivity index is 2.23. The number of hydrogen-bond donors (Lipinski definition) is 1.